The topological polar surface area (TPSA) is 93.0 Å². The molecule has 0 unspecified atom stereocenters. The van der Waals surface area contributed by atoms with Crippen LogP contribution >= 0.6 is 23.1 Å². The van der Waals surface area contributed by atoms with Crippen LogP contribution in [0.2, 0.25) is 0 Å². The molecule has 1 N–H and O–H groups in total. The van der Waals surface area contributed by atoms with Crippen molar-refractivity contribution in [1.82, 2.24) is 24.6 Å². The van der Waals surface area contributed by atoms with Gasteiger partial charge in [-0.25, -0.2) is 4.98 Å². The quantitative estimate of drug-likeness (QED) is 0.771. The maximum atomic E-state index is 12.2. The molecule has 0 bridgehead atoms. The molecule has 0 aliphatic heterocycles. The predicted octanol–water partition coefficient (Wildman–Crippen LogP) is 2.36. The molecule has 0 aliphatic rings. The van der Waals surface area contributed by atoms with Gasteiger partial charge in [0.1, 0.15) is 10.7 Å². The summed E-state index contributed by atoms with van der Waals surface area (Å²) in [4.78, 5) is 30.5. The van der Waals surface area contributed by atoms with Gasteiger partial charge in [-0.3, -0.25) is 9.59 Å². The standard InChI is InChI=1S/C15H22N6O2S2/c1-8(2)21-10(4)18-19-15(21)24-7-11(22)17-14-16-9(3)12(25-14)13(23)20(5)6/h8H,7H2,1-6H3,(H,16,17,22). The number of nitrogens with zero attached hydrogens (tertiary/aromatic N) is 5. The lowest BCUT2D eigenvalue weighted by molar-refractivity contribution is -0.113. The average Bonchev–Trinajstić information content (AvgIpc) is 3.07. The zero-order chi connectivity index (χ0) is 18.7. The van der Waals surface area contributed by atoms with E-state index in [0.717, 1.165) is 5.82 Å². The molecule has 2 aromatic heterocycles. The minimum atomic E-state index is -0.196. The monoisotopic (exact) mass is 382 g/mol. The van der Waals surface area contributed by atoms with E-state index in [1.807, 2.05) is 25.3 Å². The Morgan fingerprint density at radius 1 is 1.28 bits per heavy atom. The van der Waals surface area contributed by atoms with E-state index in [-0.39, 0.29) is 23.6 Å². The van der Waals surface area contributed by atoms with E-state index in [1.54, 1.807) is 21.0 Å². The zero-order valence-corrected chi connectivity index (χ0v) is 16.8. The molecular weight excluding hydrogens is 360 g/mol. The summed E-state index contributed by atoms with van der Waals surface area (Å²) in [6, 6.07) is 0.224. The van der Waals surface area contributed by atoms with Crippen LogP contribution in [0.1, 0.15) is 41.1 Å². The van der Waals surface area contributed by atoms with Gasteiger partial charge in [0.05, 0.1) is 11.4 Å². The number of hydrogen-bond donors (Lipinski definition) is 1. The second-order valence-corrected chi connectivity index (χ2v) is 7.91. The van der Waals surface area contributed by atoms with Crippen molar-refractivity contribution < 1.29 is 9.59 Å². The second-order valence-electron chi connectivity index (χ2n) is 5.96. The van der Waals surface area contributed by atoms with Gasteiger partial charge in [-0.05, 0) is 27.7 Å². The van der Waals surface area contributed by atoms with Crippen LogP contribution in [0.5, 0.6) is 0 Å². The van der Waals surface area contributed by atoms with Crippen molar-refractivity contribution in [2.45, 2.75) is 38.9 Å². The molecule has 0 saturated carbocycles. The number of rotatable bonds is 6. The smallest absolute Gasteiger partial charge is 0.265 e. The van der Waals surface area contributed by atoms with Gasteiger partial charge in [0.15, 0.2) is 10.3 Å². The molecule has 25 heavy (non-hydrogen) atoms. The largest absolute Gasteiger partial charge is 0.344 e. The number of aryl methyl sites for hydroxylation is 2. The number of nitrogens with one attached hydrogen (secondary N) is 1. The highest BCUT2D eigenvalue weighted by Gasteiger charge is 2.19. The summed E-state index contributed by atoms with van der Waals surface area (Å²) < 4.78 is 1.99. The highest BCUT2D eigenvalue weighted by atomic mass is 32.2. The Kier molecular flexibility index (Phi) is 6.17. The summed E-state index contributed by atoms with van der Waals surface area (Å²) in [6.45, 7) is 7.73. The van der Waals surface area contributed by atoms with Crippen LogP contribution in [0.25, 0.3) is 0 Å². The predicted molar refractivity (Wildman–Crippen MR) is 99.4 cm³/mol. The number of hydrogen-bond acceptors (Lipinski definition) is 7. The molecule has 2 aromatic rings. The highest BCUT2D eigenvalue weighted by Crippen LogP contribution is 2.25. The molecular formula is C15H22N6O2S2. The van der Waals surface area contributed by atoms with Crippen molar-refractivity contribution >= 4 is 40.0 Å². The summed E-state index contributed by atoms with van der Waals surface area (Å²) in [7, 11) is 3.37. The Labute approximate surface area is 155 Å². The number of carbonyl (C=O) groups is 2. The number of amides is 2. The van der Waals surface area contributed by atoms with E-state index in [0.29, 0.717) is 20.9 Å². The van der Waals surface area contributed by atoms with Crippen LogP contribution in [0.15, 0.2) is 5.16 Å². The summed E-state index contributed by atoms with van der Waals surface area (Å²) in [5, 5.41) is 12.0. The fourth-order valence-corrected chi connectivity index (χ4v) is 4.10. The molecule has 0 aromatic carbocycles. The van der Waals surface area contributed by atoms with Crippen LogP contribution in [-0.2, 0) is 4.79 Å². The van der Waals surface area contributed by atoms with Gasteiger partial charge in [-0.2, -0.15) is 0 Å². The minimum Gasteiger partial charge on any atom is -0.344 e. The molecule has 10 heteroatoms. The first-order valence-electron chi connectivity index (χ1n) is 7.74. The Hall–Kier alpha value is -1.94. The van der Waals surface area contributed by atoms with Crippen molar-refractivity contribution in [3.63, 3.8) is 0 Å². The van der Waals surface area contributed by atoms with E-state index in [1.165, 1.54) is 28.0 Å². The molecule has 0 saturated heterocycles. The van der Waals surface area contributed by atoms with Crippen LogP contribution in [0, 0.1) is 13.8 Å². The molecule has 0 aliphatic carbocycles. The number of anilines is 1. The molecule has 2 heterocycles. The van der Waals surface area contributed by atoms with Crippen LogP contribution in [0.4, 0.5) is 5.13 Å². The first-order valence-corrected chi connectivity index (χ1v) is 9.54. The van der Waals surface area contributed by atoms with E-state index >= 15 is 0 Å². The highest BCUT2D eigenvalue weighted by molar-refractivity contribution is 7.99. The van der Waals surface area contributed by atoms with E-state index in [4.69, 9.17) is 0 Å². The number of thiazole rings is 1. The number of thioether (sulfide) groups is 1. The molecule has 0 atom stereocenters. The summed E-state index contributed by atoms with van der Waals surface area (Å²) >= 11 is 2.51. The third-order valence-electron chi connectivity index (χ3n) is 3.33. The maximum Gasteiger partial charge on any atom is 0.265 e. The van der Waals surface area contributed by atoms with Crippen molar-refractivity contribution in [3.05, 3.63) is 16.4 Å². The van der Waals surface area contributed by atoms with Crippen molar-refractivity contribution in [2.75, 3.05) is 25.2 Å². The SMILES string of the molecule is Cc1nc(NC(=O)CSc2nnc(C)n2C(C)C)sc1C(=O)N(C)C. The first kappa shape index (κ1) is 19.4. The fourth-order valence-electron chi connectivity index (χ4n) is 2.18. The first-order chi connectivity index (χ1) is 11.7. The lowest BCUT2D eigenvalue weighted by atomic mass is 10.3. The molecule has 136 valence electrons. The van der Waals surface area contributed by atoms with E-state index in [9.17, 15) is 9.59 Å². The maximum absolute atomic E-state index is 12.2. The van der Waals surface area contributed by atoms with Gasteiger partial charge >= 0.3 is 0 Å². The average molecular weight is 383 g/mol. The van der Waals surface area contributed by atoms with Gasteiger partial charge in [0.2, 0.25) is 5.91 Å². The van der Waals surface area contributed by atoms with Gasteiger partial charge in [-0.1, -0.05) is 23.1 Å². The lowest BCUT2D eigenvalue weighted by Crippen LogP contribution is -2.21. The van der Waals surface area contributed by atoms with Crippen molar-refractivity contribution in [1.29, 1.82) is 0 Å². The van der Waals surface area contributed by atoms with Crippen molar-refractivity contribution in [3.8, 4) is 0 Å². The van der Waals surface area contributed by atoms with Gasteiger partial charge in [-0.15, -0.1) is 10.2 Å². The Balaban J connectivity index is 2.00. The minimum absolute atomic E-state index is 0.120. The molecule has 2 rings (SSSR count). The zero-order valence-electron chi connectivity index (χ0n) is 15.2. The summed E-state index contributed by atoms with van der Waals surface area (Å²) in [5.74, 6) is 0.699. The van der Waals surface area contributed by atoms with E-state index < -0.39 is 0 Å². The van der Waals surface area contributed by atoms with Crippen molar-refractivity contribution in [2.24, 2.45) is 0 Å². The molecule has 0 fully saturated rings. The van der Waals surface area contributed by atoms with Crippen LogP contribution in [-0.4, -0.2) is 56.3 Å². The summed E-state index contributed by atoms with van der Waals surface area (Å²) in [5.41, 5.74) is 0.613. The molecule has 0 radical (unpaired) electrons. The van der Waals surface area contributed by atoms with Crippen LogP contribution in [0.3, 0.4) is 0 Å². The van der Waals surface area contributed by atoms with Gasteiger partial charge < -0.3 is 14.8 Å². The summed E-state index contributed by atoms with van der Waals surface area (Å²) in [6.07, 6.45) is 0. The number of carbonyl (C=O) groups excluding carboxylic acids is 2. The third kappa shape index (κ3) is 4.57. The molecule has 8 nitrogen and oxygen atoms in total. The molecule has 0 spiro atoms. The Morgan fingerprint density at radius 3 is 2.56 bits per heavy atom. The van der Waals surface area contributed by atoms with Gasteiger partial charge in [0, 0.05) is 20.1 Å². The fraction of sp³-hybridized carbons (Fsp3) is 0.533. The normalized spacial score (nSPS) is 11.0. The third-order valence-corrected chi connectivity index (χ3v) is 5.33. The van der Waals surface area contributed by atoms with Gasteiger partial charge in [0.25, 0.3) is 5.91 Å². The lowest BCUT2D eigenvalue weighted by Gasteiger charge is -2.11. The van der Waals surface area contributed by atoms with E-state index in [2.05, 4.69) is 20.5 Å². The second kappa shape index (κ2) is 7.96. The Bertz CT molecular complexity index is 781. The van der Waals surface area contributed by atoms with Crippen LogP contribution < -0.4 is 5.32 Å². The number of aromatic nitrogens is 4. The molecule has 2 amide bonds. The Morgan fingerprint density at radius 2 is 1.96 bits per heavy atom.